The number of nitrogens with two attached hydrogens (primary N) is 1. The van der Waals surface area contributed by atoms with Gasteiger partial charge in [0.1, 0.15) is 0 Å². The number of aliphatic imine (C=N–C) groups is 1. The summed E-state index contributed by atoms with van der Waals surface area (Å²) in [6.07, 6.45) is 7.78. The van der Waals surface area contributed by atoms with Gasteiger partial charge >= 0.3 is 0 Å². The summed E-state index contributed by atoms with van der Waals surface area (Å²) in [5, 5.41) is 6.46. The fraction of sp³-hybridized carbons (Fsp3) is 0.882. The predicted octanol–water partition coefficient (Wildman–Crippen LogP) is 2.41. The topological polar surface area (TPSA) is 88.7 Å². The number of amides is 1. The van der Waals surface area contributed by atoms with Gasteiger partial charge in [-0.25, -0.2) is 0 Å². The minimum absolute atomic E-state index is 0. The highest BCUT2D eigenvalue weighted by Gasteiger charge is 2.24. The summed E-state index contributed by atoms with van der Waals surface area (Å²) < 4.78 is 5.91. The Bertz CT molecular complexity index is 383. The molecule has 0 heterocycles. The van der Waals surface area contributed by atoms with Crippen molar-refractivity contribution >= 4 is 35.8 Å². The first-order valence-electron chi connectivity index (χ1n) is 8.89. The second-order valence-electron chi connectivity index (χ2n) is 6.85. The zero-order chi connectivity index (χ0) is 17.1. The number of hydrogen-bond donors (Lipinski definition) is 3. The molecule has 0 unspecified atom stereocenters. The van der Waals surface area contributed by atoms with Crippen LogP contribution in [0, 0.1) is 5.41 Å². The van der Waals surface area contributed by atoms with E-state index in [1.807, 2.05) is 6.92 Å². The fourth-order valence-electron chi connectivity index (χ4n) is 2.46. The van der Waals surface area contributed by atoms with Gasteiger partial charge < -0.3 is 21.1 Å². The summed E-state index contributed by atoms with van der Waals surface area (Å²) in [6.45, 7) is 8.36. The SMILES string of the molecule is CCNC(=NCC(C)(C)C(N)=O)NCCCOC1CCCCC1.I. The van der Waals surface area contributed by atoms with E-state index in [4.69, 9.17) is 10.5 Å². The summed E-state index contributed by atoms with van der Waals surface area (Å²) in [5.74, 6) is 0.387. The Labute approximate surface area is 163 Å². The number of nitrogens with zero attached hydrogens (tertiary/aromatic N) is 1. The third-order valence-electron chi connectivity index (χ3n) is 4.16. The molecule has 1 saturated carbocycles. The second kappa shape index (κ2) is 12.7. The molecule has 0 saturated heterocycles. The van der Waals surface area contributed by atoms with E-state index in [2.05, 4.69) is 15.6 Å². The Morgan fingerprint density at radius 2 is 1.92 bits per heavy atom. The third-order valence-corrected chi connectivity index (χ3v) is 4.16. The number of guanidine groups is 1. The number of carbonyl (C=O) groups is 1. The van der Waals surface area contributed by atoms with Crippen molar-refractivity contribution in [1.82, 2.24) is 10.6 Å². The van der Waals surface area contributed by atoms with Crippen LogP contribution in [0.5, 0.6) is 0 Å². The van der Waals surface area contributed by atoms with E-state index in [0.717, 1.165) is 32.1 Å². The molecule has 1 amide bonds. The van der Waals surface area contributed by atoms with Crippen LogP contribution in [0.4, 0.5) is 0 Å². The summed E-state index contributed by atoms with van der Waals surface area (Å²) in [6, 6.07) is 0. The first kappa shape index (κ1) is 23.4. The molecule has 0 aromatic rings. The van der Waals surface area contributed by atoms with Crippen LogP contribution in [0.3, 0.4) is 0 Å². The Morgan fingerprint density at radius 1 is 1.25 bits per heavy atom. The molecule has 1 fully saturated rings. The van der Waals surface area contributed by atoms with Crippen LogP contribution in [0.1, 0.15) is 59.3 Å². The molecule has 0 aliphatic heterocycles. The standard InChI is InChI=1S/C17H34N4O2.HI/c1-4-19-16(21-13-17(2,3)15(18)22)20-11-8-12-23-14-9-6-5-7-10-14;/h14H,4-13H2,1-3H3,(H2,18,22)(H2,19,20,21);1H. The minimum Gasteiger partial charge on any atom is -0.378 e. The zero-order valence-corrected chi connectivity index (χ0v) is 17.7. The molecule has 1 rings (SSSR count). The van der Waals surface area contributed by atoms with Crippen molar-refractivity contribution in [3.63, 3.8) is 0 Å². The van der Waals surface area contributed by atoms with Gasteiger partial charge in [0.2, 0.25) is 5.91 Å². The molecule has 24 heavy (non-hydrogen) atoms. The van der Waals surface area contributed by atoms with Gasteiger partial charge in [0.25, 0.3) is 0 Å². The lowest BCUT2D eigenvalue weighted by molar-refractivity contribution is -0.125. The van der Waals surface area contributed by atoms with Gasteiger partial charge in [-0.15, -0.1) is 24.0 Å². The van der Waals surface area contributed by atoms with Crippen LogP contribution in [0.2, 0.25) is 0 Å². The molecule has 4 N–H and O–H groups in total. The van der Waals surface area contributed by atoms with Gasteiger partial charge in [-0.3, -0.25) is 9.79 Å². The number of halogens is 1. The smallest absolute Gasteiger partial charge is 0.224 e. The van der Waals surface area contributed by atoms with Gasteiger partial charge in [0, 0.05) is 19.7 Å². The molecule has 1 aliphatic rings. The lowest BCUT2D eigenvalue weighted by atomic mass is 9.93. The average Bonchev–Trinajstić information content (AvgIpc) is 2.53. The van der Waals surface area contributed by atoms with Crippen LogP contribution < -0.4 is 16.4 Å². The largest absolute Gasteiger partial charge is 0.378 e. The van der Waals surface area contributed by atoms with E-state index >= 15 is 0 Å². The number of rotatable bonds is 9. The Morgan fingerprint density at radius 3 is 2.50 bits per heavy atom. The number of hydrogen-bond acceptors (Lipinski definition) is 3. The molecule has 142 valence electrons. The van der Waals surface area contributed by atoms with Crippen LogP contribution in [0.25, 0.3) is 0 Å². The van der Waals surface area contributed by atoms with Crippen molar-refractivity contribution in [2.75, 3.05) is 26.2 Å². The van der Waals surface area contributed by atoms with Gasteiger partial charge in [-0.1, -0.05) is 19.3 Å². The first-order chi connectivity index (χ1) is 11.0. The highest BCUT2D eigenvalue weighted by molar-refractivity contribution is 14.0. The highest BCUT2D eigenvalue weighted by Crippen LogP contribution is 2.20. The predicted molar refractivity (Wildman–Crippen MR) is 110 cm³/mol. The van der Waals surface area contributed by atoms with E-state index in [1.165, 1.54) is 32.1 Å². The van der Waals surface area contributed by atoms with E-state index in [1.54, 1.807) is 13.8 Å². The van der Waals surface area contributed by atoms with Gasteiger partial charge in [0.05, 0.1) is 18.1 Å². The first-order valence-corrected chi connectivity index (χ1v) is 8.89. The fourth-order valence-corrected chi connectivity index (χ4v) is 2.46. The molecular formula is C17H35IN4O2. The quantitative estimate of drug-likeness (QED) is 0.216. The van der Waals surface area contributed by atoms with Crippen molar-refractivity contribution in [1.29, 1.82) is 0 Å². The Kier molecular flexibility index (Phi) is 12.4. The van der Waals surface area contributed by atoms with E-state index < -0.39 is 5.41 Å². The lowest BCUT2D eigenvalue weighted by Gasteiger charge is -2.22. The van der Waals surface area contributed by atoms with Crippen molar-refractivity contribution in [2.45, 2.75) is 65.4 Å². The van der Waals surface area contributed by atoms with E-state index in [9.17, 15) is 4.79 Å². The van der Waals surface area contributed by atoms with Crippen molar-refractivity contribution in [3.8, 4) is 0 Å². The van der Waals surface area contributed by atoms with Crippen molar-refractivity contribution in [2.24, 2.45) is 16.1 Å². The Balaban J connectivity index is 0.00000529. The van der Waals surface area contributed by atoms with Crippen LogP contribution in [-0.2, 0) is 9.53 Å². The molecule has 6 nitrogen and oxygen atoms in total. The monoisotopic (exact) mass is 454 g/mol. The molecule has 1 aliphatic carbocycles. The maximum atomic E-state index is 11.3. The van der Waals surface area contributed by atoms with Gasteiger partial charge in [-0.05, 0) is 40.0 Å². The third kappa shape index (κ3) is 9.66. The molecule has 7 heteroatoms. The van der Waals surface area contributed by atoms with Gasteiger partial charge in [-0.2, -0.15) is 0 Å². The summed E-state index contributed by atoms with van der Waals surface area (Å²) >= 11 is 0. The maximum Gasteiger partial charge on any atom is 0.224 e. The molecule has 0 aromatic heterocycles. The molecular weight excluding hydrogens is 419 g/mol. The van der Waals surface area contributed by atoms with Crippen LogP contribution in [0.15, 0.2) is 4.99 Å². The number of ether oxygens (including phenoxy) is 1. The summed E-state index contributed by atoms with van der Waals surface area (Å²) in [5.41, 5.74) is 4.74. The Hall–Kier alpha value is -0.570. The van der Waals surface area contributed by atoms with Crippen LogP contribution in [-0.4, -0.2) is 44.2 Å². The van der Waals surface area contributed by atoms with E-state index in [-0.39, 0.29) is 29.9 Å². The lowest BCUT2D eigenvalue weighted by Crippen LogP contribution is -2.40. The molecule has 0 atom stereocenters. The molecule has 0 bridgehead atoms. The number of nitrogens with one attached hydrogen (secondary N) is 2. The average molecular weight is 454 g/mol. The molecule has 0 radical (unpaired) electrons. The number of primary amides is 1. The van der Waals surface area contributed by atoms with Gasteiger partial charge in [0.15, 0.2) is 5.96 Å². The van der Waals surface area contributed by atoms with Crippen molar-refractivity contribution < 1.29 is 9.53 Å². The second-order valence-corrected chi connectivity index (χ2v) is 6.85. The van der Waals surface area contributed by atoms with Crippen LogP contribution >= 0.6 is 24.0 Å². The zero-order valence-electron chi connectivity index (χ0n) is 15.4. The molecule has 0 spiro atoms. The summed E-state index contributed by atoms with van der Waals surface area (Å²) in [7, 11) is 0. The number of carbonyl (C=O) groups excluding carboxylic acids is 1. The minimum atomic E-state index is -0.632. The highest BCUT2D eigenvalue weighted by atomic mass is 127. The normalized spacial score (nSPS) is 16.4. The van der Waals surface area contributed by atoms with Crippen molar-refractivity contribution in [3.05, 3.63) is 0 Å². The maximum absolute atomic E-state index is 11.3. The molecule has 0 aromatic carbocycles. The summed E-state index contributed by atoms with van der Waals surface area (Å²) in [4.78, 5) is 15.8. The van der Waals surface area contributed by atoms with E-state index in [0.29, 0.717) is 12.6 Å².